The van der Waals surface area contributed by atoms with Crippen molar-refractivity contribution >= 4 is 11.6 Å². The van der Waals surface area contributed by atoms with Gasteiger partial charge in [-0.2, -0.15) is 0 Å². The van der Waals surface area contributed by atoms with Gasteiger partial charge in [-0.25, -0.2) is 14.7 Å². The van der Waals surface area contributed by atoms with Crippen molar-refractivity contribution in [2.75, 3.05) is 6.61 Å². The van der Waals surface area contributed by atoms with Gasteiger partial charge in [0.15, 0.2) is 0 Å². The summed E-state index contributed by atoms with van der Waals surface area (Å²) in [6, 6.07) is 4.66. The summed E-state index contributed by atoms with van der Waals surface area (Å²) in [6.45, 7) is 0.195. The van der Waals surface area contributed by atoms with Gasteiger partial charge in [-0.05, 0) is 18.1 Å². The highest BCUT2D eigenvalue weighted by Crippen LogP contribution is 2.30. The molecule has 0 fully saturated rings. The summed E-state index contributed by atoms with van der Waals surface area (Å²) in [5.41, 5.74) is 0.337. The summed E-state index contributed by atoms with van der Waals surface area (Å²) < 4.78 is 25.1. The second-order valence-electron chi connectivity index (χ2n) is 2.73. The largest absolute Gasteiger partial charge is 0.304 e. The Kier molecular flexibility index (Phi) is 4.25. The lowest BCUT2D eigenvalue weighted by Gasteiger charge is -2.09. The van der Waals surface area contributed by atoms with Crippen LogP contribution in [-0.4, -0.2) is 6.61 Å². The molecule has 2 nitrogen and oxygen atoms in total. The monoisotopic (exact) mass is 221 g/mol. The Morgan fingerprint density at radius 1 is 1.43 bits per heavy atom. The molecule has 0 saturated heterocycles. The van der Waals surface area contributed by atoms with Crippen molar-refractivity contribution in [3.63, 3.8) is 0 Å². The van der Waals surface area contributed by atoms with Gasteiger partial charge in [0.2, 0.25) is 0 Å². The first-order valence-electron chi connectivity index (χ1n) is 4.04. The molecule has 0 radical (unpaired) electrons. The number of benzene rings is 1. The van der Waals surface area contributed by atoms with Gasteiger partial charge in [0, 0.05) is 10.6 Å². The molecule has 5 heteroatoms. The summed E-state index contributed by atoms with van der Waals surface area (Å²) in [6.07, 6.45) is -2.24. The van der Waals surface area contributed by atoms with Crippen molar-refractivity contribution in [3.05, 3.63) is 34.3 Å². The van der Waals surface area contributed by atoms with Crippen molar-refractivity contribution in [2.24, 2.45) is 5.90 Å². The summed E-state index contributed by atoms with van der Waals surface area (Å²) in [5.74, 6) is 4.82. The molecule has 0 aromatic heterocycles. The van der Waals surface area contributed by atoms with Gasteiger partial charge in [-0.15, -0.1) is 0 Å². The van der Waals surface area contributed by atoms with Gasteiger partial charge >= 0.3 is 0 Å². The summed E-state index contributed by atoms with van der Waals surface area (Å²) in [7, 11) is 0. The molecule has 0 saturated carbocycles. The molecule has 0 aliphatic heterocycles. The number of hydrogen-bond donors (Lipinski definition) is 1. The molecule has 1 rings (SSSR count). The number of rotatable bonds is 4. The lowest BCUT2D eigenvalue weighted by Crippen LogP contribution is -2.06. The zero-order chi connectivity index (χ0) is 10.6. The molecule has 14 heavy (non-hydrogen) atoms. The molecule has 0 atom stereocenters. The van der Waals surface area contributed by atoms with E-state index in [-0.39, 0.29) is 17.2 Å². The number of nitrogens with two attached hydrogens (primary N) is 1. The van der Waals surface area contributed by atoms with Gasteiger partial charge in [0.25, 0.3) is 6.43 Å². The minimum Gasteiger partial charge on any atom is -0.304 e. The van der Waals surface area contributed by atoms with Gasteiger partial charge in [0.05, 0.1) is 6.61 Å². The molecular weight excluding hydrogens is 212 g/mol. The van der Waals surface area contributed by atoms with Crippen LogP contribution in [-0.2, 0) is 11.3 Å². The Balaban J connectivity index is 2.96. The third-order valence-electron chi connectivity index (χ3n) is 1.85. The van der Waals surface area contributed by atoms with Gasteiger partial charge in [-0.3, -0.25) is 0 Å². The third-order valence-corrected chi connectivity index (χ3v) is 2.18. The Morgan fingerprint density at radius 2 is 2.14 bits per heavy atom. The van der Waals surface area contributed by atoms with E-state index in [1.54, 1.807) is 12.1 Å². The zero-order valence-corrected chi connectivity index (χ0v) is 8.10. The molecule has 1 aromatic rings. The smallest absolute Gasteiger partial charge is 0.265 e. The number of halogens is 3. The van der Waals surface area contributed by atoms with Crippen molar-refractivity contribution in [1.82, 2.24) is 0 Å². The molecule has 0 aliphatic rings. The molecule has 0 amide bonds. The molecule has 2 N–H and O–H groups in total. The first kappa shape index (κ1) is 11.4. The van der Waals surface area contributed by atoms with E-state index in [0.717, 1.165) is 0 Å². The van der Waals surface area contributed by atoms with Crippen molar-refractivity contribution in [3.8, 4) is 0 Å². The average Bonchev–Trinajstić information content (AvgIpc) is 2.14. The molecule has 78 valence electrons. The third kappa shape index (κ3) is 2.64. The Bertz CT molecular complexity index is 307. The van der Waals surface area contributed by atoms with Crippen molar-refractivity contribution in [1.29, 1.82) is 0 Å². The van der Waals surface area contributed by atoms with E-state index in [2.05, 4.69) is 4.84 Å². The van der Waals surface area contributed by atoms with Gasteiger partial charge < -0.3 is 4.84 Å². The predicted octanol–water partition coefficient (Wildman–Crippen LogP) is 2.71. The Labute approximate surface area is 85.6 Å². The van der Waals surface area contributed by atoms with Crippen LogP contribution in [0.15, 0.2) is 18.2 Å². The van der Waals surface area contributed by atoms with E-state index in [1.165, 1.54) is 6.07 Å². The van der Waals surface area contributed by atoms with Crippen LogP contribution in [0.5, 0.6) is 0 Å². The summed E-state index contributed by atoms with van der Waals surface area (Å²) in [5, 5.41) is 0.0783. The van der Waals surface area contributed by atoms with Gasteiger partial charge in [0.1, 0.15) is 0 Å². The highest BCUT2D eigenvalue weighted by atomic mass is 35.5. The van der Waals surface area contributed by atoms with E-state index >= 15 is 0 Å². The lowest BCUT2D eigenvalue weighted by atomic mass is 10.1. The van der Waals surface area contributed by atoms with Crippen LogP contribution < -0.4 is 5.90 Å². The molecule has 0 bridgehead atoms. The predicted molar refractivity (Wildman–Crippen MR) is 50.3 cm³/mol. The standard InChI is InChI=1S/C9H10ClF2NO/c10-7-3-1-2-6(4-5-14-13)8(7)9(11)12/h1-3,9H,4-5,13H2. The Hall–Kier alpha value is -0.710. The minimum absolute atomic E-state index is 0.0783. The zero-order valence-electron chi connectivity index (χ0n) is 7.34. The maximum atomic E-state index is 12.6. The molecule has 1 aromatic carbocycles. The maximum absolute atomic E-state index is 12.6. The minimum atomic E-state index is -2.57. The fourth-order valence-corrected chi connectivity index (χ4v) is 1.49. The van der Waals surface area contributed by atoms with Crippen LogP contribution >= 0.6 is 11.6 Å². The van der Waals surface area contributed by atoms with Crippen LogP contribution in [0.3, 0.4) is 0 Å². The van der Waals surface area contributed by atoms with Crippen LogP contribution in [0.25, 0.3) is 0 Å². The first-order chi connectivity index (χ1) is 6.66. The van der Waals surface area contributed by atoms with Crippen LogP contribution in [0, 0.1) is 0 Å². The second-order valence-corrected chi connectivity index (χ2v) is 3.14. The van der Waals surface area contributed by atoms with Crippen molar-refractivity contribution in [2.45, 2.75) is 12.8 Å². The lowest BCUT2D eigenvalue weighted by molar-refractivity contribution is 0.135. The van der Waals surface area contributed by atoms with E-state index in [1.807, 2.05) is 0 Å². The average molecular weight is 222 g/mol. The van der Waals surface area contributed by atoms with E-state index in [9.17, 15) is 8.78 Å². The SMILES string of the molecule is NOCCc1cccc(Cl)c1C(F)F. The molecule has 0 aliphatic carbocycles. The highest BCUT2D eigenvalue weighted by molar-refractivity contribution is 6.31. The topological polar surface area (TPSA) is 35.2 Å². The van der Waals surface area contributed by atoms with E-state index < -0.39 is 6.43 Å². The number of hydrogen-bond acceptors (Lipinski definition) is 2. The second kappa shape index (κ2) is 5.24. The quantitative estimate of drug-likeness (QED) is 0.794. The van der Waals surface area contributed by atoms with Gasteiger partial charge in [-0.1, -0.05) is 23.7 Å². The summed E-state index contributed by atoms with van der Waals surface area (Å²) >= 11 is 5.65. The Morgan fingerprint density at radius 3 is 2.71 bits per heavy atom. The molecule has 0 heterocycles. The van der Waals surface area contributed by atoms with Crippen LogP contribution in [0.2, 0.25) is 5.02 Å². The molecule has 0 unspecified atom stereocenters. The van der Waals surface area contributed by atoms with E-state index in [4.69, 9.17) is 17.5 Å². The number of alkyl halides is 2. The first-order valence-corrected chi connectivity index (χ1v) is 4.41. The van der Waals surface area contributed by atoms with Crippen LogP contribution in [0.4, 0.5) is 8.78 Å². The molecular formula is C9H10ClF2NO. The highest BCUT2D eigenvalue weighted by Gasteiger charge is 2.16. The normalized spacial score (nSPS) is 10.9. The van der Waals surface area contributed by atoms with E-state index in [0.29, 0.717) is 12.0 Å². The fourth-order valence-electron chi connectivity index (χ4n) is 1.21. The van der Waals surface area contributed by atoms with Crippen molar-refractivity contribution < 1.29 is 13.6 Å². The molecule has 0 spiro atoms. The maximum Gasteiger partial charge on any atom is 0.265 e. The summed E-state index contributed by atoms with van der Waals surface area (Å²) in [4.78, 5) is 4.33. The fraction of sp³-hybridized carbons (Fsp3) is 0.333. The van der Waals surface area contributed by atoms with Crippen LogP contribution in [0.1, 0.15) is 17.6 Å².